The zero-order valence-corrected chi connectivity index (χ0v) is 8.46. The summed E-state index contributed by atoms with van der Waals surface area (Å²) in [6.45, 7) is 0. The first-order valence-electron chi connectivity index (χ1n) is 4.65. The first-order chi connectivity index (χ1) is 7.18. The molecule has 0 saturated heterocycles. The Morgan fingerprint density at radius 1 is 1.27 bits per heavy atom. The van der Waals surface area contributed by atoms with Crippen LogP contribution in [0.4, 0.5) is 5.95 Å². The van der Waals surface area contributed by atoms with Gasteiger partial charge >= 0.3 is 0 Å². The fourth-order valence-corrected chi connectivity index (χ4v) is 1.36. The van der Waals surface area contributed by atoms with Crippen molar-refractivity contribution in [2.75, 3.05) is 5.73 Å². The van der Waals surface area contributed by atoms with Gasteiger partial charge in [-0.05, 0) is 5.56 Å². The van der Waals surface area contributed by atoms with Crippen molar-refractivity contribution in [2.45, 2.75) is 6.04 Å². The van der Waals surface area contributed by atoms with E-state index in [-0.39, 0.29) is 6.04 Å². The molecule has 78 valence electrons. The summed E-state index contributed by atoms with van der Waals surface area (Å²) in [5.74, 6) is 0.914. The lowest BCUT2D eigenvalue weighted by molar-refractivity contribution is 0.717. The Morgan fingerprint density at radius 2 is 1.93 bits per heavy atom. The summed E-state index contributed by atoms with van der Waals surface area (Å²) in [4.78, 5) is 4.09. The molecule has 0 fully saturated rings. The molecule has 0 aliphatic heterocycles. The summed E-state index contributed by atoms with van der Waals surface area (Å²) < 4.78 is 1.51. The molecule has 0 unspecified atom stereocenters. The Bertz CT molecular complexity index is 429. The highest BCUT2D eigenvalue weighted by Crippen LogP contribution is 2.16. The number of benzene rings is 1. The molecule has 0 amide bonds. The molecule has 1 aromatic heterocycles. The van der Waals surface area contributed by atoms with Crippen LogP contribution in [0.3, 0.4) is 0 Å². The summed E-state index contributed by atoms with van der Waals surface area (Å²) >= 11 is 0. The van der Waals surface area contributed by atoms with Gasteiger partial charge in [0.2, 0.25) is 5.95 Å². The largest absolute Gasteiger partial charge is 0.368 e. The van der Waals surface area contributed by atoms with Crippen molar-refractivity contribution in [3.63, 3.8) is 0 Å². The number of aryl methyl sites for hydroxylation is 1. The third-order valence-corrected chi connectivity index (χ3v) is 2.25. The molecule has 0 saturated carbocycles. The Labute approximate surface area is 87.7 Å². The molecule has 0 radical (unpaired) electrons. The molecule has 1 heterocycles. The second-order valence-corrected chi connectivity index (χ2v) is 3.34. The molecule has 4 N–H and O–H groups in total. The molecular weight excluding hydrogens is 190 g/mol. The van der Waals surface area contributed by atoms with E-state index in [4.69, 9.17) is 11.5 Å². The zero-order valence-electron chi connectivity index (χ0n) is 8.46. The SMILES string of the molecule is Cn1nc([C@@H](N)c2ccccc2)nc1N. The van der Waals surface area contributed by atoms with Gasteiger partial charge in [0.15, 0.2) is 5.82 Å². The van der Waals surface area contributed by atoms with Gasteiger partial charge in [0.25, 0.3) is 0 Å². The monoisotopic (exact) mass is 203 g/mol. The van der Waals surface area contributed by atoms with Gasteiger partial charge < -0.3 is 11.5 Å². The van der Waals surface area contributed by atoms with Gasteiger partial charge in [-0.15, -0.1) is 0 Å². The summed E-state index contributed by atoms with van der Waals surface area (Å²) in [6.07, 6.45) is 0. The quantitative estimate of drug-likeness (QED) is 0.742. The van der Waals surface area contributed by atoms with Crippen molar-refractivity contribution >= 4 is 5.95 Å². The number of rotatable bonds is 2. The standard InChI is InChI=1S/C10H13N5/c1-15-10(12)13-9(14-15)8(11)7-5-3-2-4-6-7/h2-6,8H,11H2,1H3,(H2,12,13,14)/t8-/m0/s1. The van der Waals surface area contributed by atoms with Gasteiger partial charge in [-0.1, -0.05) is 30.3 Å². The lowest BCUT2D eigenvalue weighted by atomic mass is 10.1. The summed E-state index contributed by atoms with van der Waals surface area (Å²) in [6, 6.07) is 9.36. The van der Waals surface area contributed by atoms with Crippen molar-refractivity contribution in [1.29, 1.82) is 0 Å². The van der Waals surface area contributed by atoms with E-state index < -0.39 is 0 Å². The number of hydrogen-bond donors (Lipinski definition) is 2. The van der Waals surface area contributed by atoms with Crippen molar-refractivity contribution in [2.24, 2.45) is 12.8 Å². The first-order valence-corrected chi connectivity index (χ1v) is 4.65. The van der Waals surface area contributed by atoms with Gasteiger partial charge in [-0.3, -0.25) is 0 Å². The minimum absolute atomic E-state index is 0.324. The van der Waals surface area contributed by atoms with Crippen molar-refractivity contribution in [1.82, 2.24) is 14.8 Å². The Hall–Kier alpha value is -1.88. The predicted octanol–water partition coefficient (Wildman–Crippen LogP) is 0.445. The Kier molecular flexibility index (Phi) is 2.39. The topological polar surface area (TPSA) is 82.8 Å². The van der Waals surface area contributed by atoms with Crippen LogP contribution < -0.4 is 11.5 Å². The lowest BCUT2D eigenvalue weighted by Gasteiger charge is -2.06. The Balaban J connectivity index is 2.32. The van der Waals surface area contributed by atoms with E-state index in [1.807, 2.05) is 30.3 Å². The minimum Gasteiger partial charge on any atom is -0.368 e. The molecule has 0 aliphatic carbocycles. The predicted molar refractivity (Wildman–Crippen MR) is 57.9 cm³/mol. The number of aromatic nitrogens is 3. The van der Waals surface area contributed by atoms with Gasteiger partial charge in [0.05, 0.1) is 6.04 Å². The third kappa shape index (κ3) is 1.82. The van der Waals surface area contributed by atoms with E-state index in [1.165, 1.54) is 4.68 Å². The molecule has 1 atom stereocenters. The Morgan fingerprint density at radius 3 is 2.47 bits per heavy atom. The average Bonchev–Trinajstić information content (AvgIpc) is 2.59. The van der Waals surface area contributed by atoms with Crippen LogP contribution in [0.5, 0.6) is 0 Å². The molecule has 0 aliphatic rings. The minimum atomic E-state index is -0.324. The van der Waals surface area contributed by atoms with E-state index in [0.717, 1.165) is 5.56 Å². The molecule has 0 bridgehead atoms. The molecule has 15 heavy (non-hydrogen) atoms. The van der Waals surface area contributed by atoms with Crippen LogP contribution in [0.1, 0.15) is 17.4 Å². The number of nitrogens with zero attached hydrogens (tertiary/aromatic N) is 3. The summed E-state index contributed by atoms with van der Waals surface area (Å²) in [7, 11) is 1.74. The maximum atomic E-state index is 6.00. The van der Waals surface area contributed by atoms with Crippen LogP contribution in [0.15, 0.2) is 30.3 Å². The maximum absolute atomic E-state index is 6.00. The fraction of sp³-hybridized carbons (Fsp3) is 0.200. The summed E-state index contributed by atoms with van der Waals surface area (Å²) in [5.41, 5.74) is 12.6. The molecule has 0 spiro atoms. The number of nitrogens with two attached hydrogens (primary N) is 2. The third-order valence-electron chi connectivity index (χ3n) is 2.25. The van der Waals surface area contributed by atoms with Crippen molar-refractivity contribution in [3.8, 4) is 0 Å². The molecule has 1 aromatic carbocycles. The summed E-state index contributed by atoms with van der Waals surface area (Å²) in [5, 5.41) is 4.14. The van der Waals surface area contributed by atoms with Gasteiger partial charge in [0, 0.05) is 7.05 Å². The molecule has 5 heteroatoms. The highest BCUT2D eigenvalue weighted by Gasteiger charge is 2.14. The van der Waals surface area contributed by atoms with Crippen molar-refractivity contribution in [3.05, 3.63) is 41.7 Å². The van der Waals surface area contributed by atoms with E-state index in [2.05, 4.69) is 10.1 Å². The average molecular weight is 203 g/mol. The smallest absolute Gasteiger partial charge is 0.218 e. The fourth-order valence-electron chi connectivity index (χ4n) is 1.36. The lowest BCUT2D eigenvalue weighted by Crippen LogP contribution is -2.13. The zero-order chi connectivity index (χ0) is 10.8. The first kappa shape index (κ1) is 9.67. The van der Waals surface area contributed by atoms with Crippen LogP contribution >= 0.6 is 0 Å². The highest BCUT2D eigenvalue weighted by atomic mass is 15.4. The number of anilines is 1. The van der Waals surface area contributed by atoms with E-state index >= 15 is 0 Å². The van der Waals surface area contributed by atoms with E-state index in [0.29, 0.717) is 11.8 Å². The van der Waals surface area contributed by atoms with E-state index in [9.17, 15) is 0 Å². The van der Waals surface area contributed by atoms with Crippen LogP contribution in [0, 0.1) is 0 Å². The molecular formula is C10H13N5. The molecule has 2 rings (SSSR count). The maximum Gasteiger partial charge on any atom is 0.218 e. The van der Waals surface area contributed by atoms with Crippen LogP contribution in [-0.4, -0.2) is 14.8 Å². The van der Waals surface area contributed by atoms with Gasteiger partial charge in [0.1, 0.15) is 0 Å². The normalized spacial score (nSPS) is 12.7. The van der Waals surface area contributed by atoms with Crippen LogP contribution in [-0.2, 0) is 7.05 Å². The highest BCUT2D eigenvalue weighted by molar-refractivity contribution is 5.26. The molecule has 5 nitrogen and oxygen atoms in total. The number of hydrogen-bond acceptors (Lipinski definition) is 4. The van der Waals surface area contributed by atoms with Crippen LogP contribution in [0.2, 0.25) is 0 Å². The van der Waals surface area contributed by atoms with Crippen LogP contribution in [0.25, 0.3) is 0 Å². The van der Waals surface area contributed by atoms with Crippen molar-refractivity contribution < 1.29 is 0 Å². The second kappa shape index (κ2) is 3.70. The van der Waals surface area contributed by atoms with E-state index in [1.54, 1.807) is 7.05 Å². The molecule has 2 aromatic rings. The van der Waals surface area contributed by atoms with Gasteiger partial charge in [-0.25, -0.2) is 4.68 Å². The second-order valence-electron chi connectivity index (χ2n) is 3.34. The van der Waals surface area contributed by atoms with Gasteiger partial charge in [-0.2, -0.15) is 10.1 Å². The number of nitrogen functional groups attached to an aromatic ring is 1.